The fraction of sp³-hybridized carbons (Fsp3) is 0.357. The minimum absolute atomic E-state index is 0.297. The Hall–Kier alpha value is -0.280. The first-order valence-corrected chi connectivity index (χ1v) is 8.21. The first-order chi connectivity index (χ1) is 9.09. The Labute approximate surface area is 132 Å². The Morgan fingerprint density at radius 3 is 2.26 bits per heavy atom. The highest BCUT2D eigenvalue weighted by Crippen LogP contribution is 2.32. The molecule has 0 spiro atoms. The smallest absolute Gasteiger partial charge is 0.0897 e. The highest BCUT2D eigenvalue weighted by atomic mass is 35.5. The molecule has 0 fully saturated rings. The zero-order chi connectivity index (χ0) is 13.9. The molecule has 0 saturated carbocycles. The van der Waals surface area contributed by atoms with Crippen molar-refractivity contribution in [2.75, 3.05) is 11.8 Å². The van der Waals surface area contributed by atoms with Crippen LogP contribution in [0.1, 0.15) is 16.3 Å². The minimum atomic E-state index is -0.297. The molecule has 0 bridgehead atoms. The first kappa shape index (κ1) is 15.1. The molecule has 0 atom stereocenters. The zero-order valence-electron chi connectivity index (χ0n) is 10.5. The van der Waals surface area contributed by atoms with Crippen LogP contribution < -0.4 is 0 Å². The second-order valence-corrected chi connectivity index (χ2v) is 6.62. The van der Waals surface area contributed by atoms with Crippen LogP contribution in [0.2, 0.25) is 5.02 Å². The molecule has 0 N–H and O–H groups in total. The van der Waals surface area contributed by atoms with Gasteiger partial charge in [-0.3, -0.25) is 0 Å². The third-order valence-corrected chi connectivity index (χ3v) is 5.25. The Morgan fingerprint density at radius 2 is 1.79 bits per heavy atom. The predicted octanol–water partition coefficient (Wildman–Crippen LogP) is 5.06. The van der Waals surface area contributed by atoms with Gasteiger partial charge < -0.3 is 0 Å². The standard InChI is InChI=1S/C14H14Cl3NS/c1-10-18-13(7-19-10)6-14(8-15,9-16)11-2-4-12(17)5-3-11/h2-5,7H,6,8-9H2,1H3. The number of thiazole rings is 1. The van der Waals surface area contributed by atoms with Crippen LogP contribution in [0.3, 0.4) is 0 Å². The highest BCUT2D eigenvalue weighted by molar-refractivity contribution is 7.09. The molecule has 1 heterocycles. The van der Waals surface area contributed by atoms with E-state index in [4.69, 9.17) is 34.8 Å². The molecule has 0 aliphatic heterocycles. The molecule has 102 valence electrons. The summed E-state index contributed by atoms with van der Waals surface area (Å²) in [4.78, 5) is 4.51. The van der Waals surface area contributed by atoms with E-state index < -0.39 is 0 Å². The van der Waals surface area contributed by atoms with E-state index in [-0.39, 0.29) is 5.41 Å². The van der Waals surface area contributed by atoms with E-state index >= 15 is 0 Å². The normalized spacial score (nSPS) is 11.8. The number of benzene rings is 1. The van der Waals surface area contributed by atoms with Gasteiger partial charge >= 0.3 is 0 Å². The molecule has 2 rings (SSSR count). The summed E-state index contributed by atoms with van der Waals surface area (Å²) < 4.78 is 0. The van der Waals surface area contributed by atoms with E-state index in [1.54, 1.807) is 11.3 Å². The summed E-state index contributed by atoms with van der Waals surface area (Å²) in [5.74, 6) is 0.906. The summed E-state index contributed by atoms with van der Waals surface area (Å²) in [6.07, 6.45) is 0.742. The van der Waals surface area contributed by atoms with E-state index in [2.05, 4.69) is 10.4 Å². The summed E-state index contributed by atoms with van der Waals surface area (Å²) >= 11 is 20.0. The van der Waals surface area contributed by atoms with E-state index in [9.17, 15) is 0 Å². The van der Waals surface area contributed by atoms with E-state index in [1.807, 2.05) is 31.2 Å². The number of aromatic nitrogens is 1. The lowest BCUT2D eigenvalue weighted by Crippen LogP contribution is -2.33. The topological polar surface area (TPSA) is 12.9 Å². The van der Waals surface area contributed by atoms with Crippen molar-refractivity contribution in [1.82, 2.24) is 4.98 Å². The molecule has 5 heteroatoms. The molecule has 0 unspecified atom stereocenters. The number of halogens is 3. The molecular weight excluding hydrogens is 321 g/mol. The van der Waals surface area contributed by atoms with Gasteiger partial charge in [0.15, 0.2) is 0 Å². The van der Waals surface area contributed by atoms with Gasteiger partial charge in [0.2, 0.25) is 0 Å². The van der Waals surface area contributed by atoms with Crippen LogP contribution in [0.5, 0.6) is 0 Å². The van der Waals surface area contributed by atoms with Crippen molar-refractivity contribution in [2.24, 2.45) is 0 Å². The number of hydrogen-bond donors (Lipinski definition) is 0. The van der Waals surface area contributed by atoms with E-state index in [1.165, 1.54) is 0 Å². The Morgan fingerprint density at radius 1 is 1.16 bits per heavy atom. The van der Waals surface area contributed by atoms with E-state index in [0.29, 0.717) is 16.8 Å². The molecule has 2 aromatic rings. The second kappa shape index (κ2) is 6.45. The molecular formula is C14H14Cl3NS. The number of rotatable bonds is 5. The van der Waals surface area contributed by atoms with Crippen LogP contribution in [-0.4, -0.2) is 16.7 Å². The second-order valence-electron chi connectivity index (χ2n) is 4.59. The van der Waals surface area contributed by atoms with E-state index in [0.717, 1.165) is 22.7 Å². The Kier molecular flexibility index (Phi) is 5.13. The summed E-state index contributed by atoms with van der Waals surface area (Å²) in [5, 5.41) is 3.84. The SMILES string of the molecule is Cc1nc(CC(CCl)(CCl)c2ccc(Cl)cc2)cs1. The quantitative estimate of drug-likeness (QED) is 0.696. The number of nitrogens with zero attached hydrogens (tertiary/aromatic N) is 1. The van der Waals surface area contributed by atoms with Crippen molar-refractivity contribution < 1.29 is 0 Å². The van der Waals surface area contributed by atoms with Gasteiger partial charge in [0.1, 0.15) is 0 Å². The zero-order valence-corrected chi connectivity index (χ0v) is 13.6. The number of alkyl halides is 2. The summed E-state index contributed by atoms with van der Waals surface area (Å²) in [5.41, 5.74) is 1.85. The third-order valence-electron chi connectivity index (χ3n) is 3.15. The molecule has 0 aliphatic carbocycles. The van der Waals surface area contributed by atoms with Gasteiger partial charge in [0.25, 0.3) is 0 Å². The van der Waals surface area contributed by atoms with Gasteiger partial charge in [-0.1, -0.05) is 23.7 Å². The third kappa shape index (κ3) is 3.43. The fourth-order valence-electron chi connectivity index (χ4n) is 2.03. The predicted molar refractivity (Wildman–Crippen MR) is 85.1 cm³/mol. The van der Waals surface area contributed by atoms with Crippen molar-refractivity contribution in [3.05, 3.63) is 50.9 Å². The van der Waals surface area contributed by atoms with Gasteiger partial charge in [0.05, 0.1) is 10.7 Å². The first-order valence-electron chi connectivity index (χ1n) is 5.88. The van der Waals surface area contributed by atoms with Crippen LogP contribution in [0.4, 0.5) is 0 Å². The molecule has 0 amide bonds. The van der Waals surface area contributed by atoms with Crippen molar-refractivity contribution in [3.63, 3.8) is 0 Å². The summed E-state index contributed by atoms with van der Waals surface area (Å²) in [7, 11) is 0. The van der Waals surface area contributed by atoms with Crippen LogP contribution in [0.15, 0.2) is 29.6 Å². The molecule has 0 saturated heterocycles. The molecule has 0 aliphatic rings. The van der Waals surface area contributed by atoms with Gasteiger partial charge in [-0.15, -0.1) is 34.5 Å². The Balaban J connectivity index is 2.33. The summed E-state index contributed by atoms with van der Waals surface area (Å²) in [6.45, 7) is 2.00. The maximum Gasteiger partial charge on any atom is 0.0897 e. The monoisotopic (exact) mass is 333 g/mol. The van der Waals surface area contributed by atoms with Crippen LogP contribution >= 0.6 is 46.1 Å². The lowest BCUT2D eigenvalue weighted by atomic mass is 9.80. The molecule has 19 heavy (non-hydrogen) atoms. The number of hydrogen-bond acceptors (Lipinski definition) is 2. The fourth-order valence-corrected chi connectivity index (χ4v) is 3.55. The maximum absolute atomic E-state index is 6.21. The summed E-state index contributed by atoms with van der Waals surface area (Å²) in [6, 6.07) is 7.73. The maximum atomic E-state index is 6.21. The largest absolute Gasteiger partial charge is 0.247 e. The lowest BCUT2D eigenvalue weighted by molar-refractivity contribution is 0.530. The van der Waals surface area contributed by atoms with Crippen LogP contribution in [-0.2, 0) is 11.8 Å². The van der Waals surface area contributed by atoms with Crippen molar-refractivity contribution >= 4 is 46.1 Å². The van der Waals surface area contributed by atoms with Crippen molar-refractivity contribution in [3.8, 4) is 0 Å². The van der Waals surface area contributed by atoms with Gasteiger partial charge in [-0.2, -0.15) is 0 Å². The van der Waals surface area contributed by atoms with Crippen molar-refractivity contribution in [1.29, 1.82) is 0 Å². The molecule has 1 nitrogen and oxygen atoms in total. The van der Waals surface area contributed by atoms with Crippen LogP contribution in [0, 0.1) is 6.92 Å². The average molecular weight is 335 g/mol. The molecule has 1 aromatic heterocycles. The Bertz CT molecular complexity index is 532. The molecule has 1 aromatic carbocycles. The van der Waals surface area contributed by atoms with Gasteiger partial charge in [0, 0.05) is 34.0 Å². The number of aryl methyl sites for hydroxylation is 1. The van der Waals surface area contributed by atoms with Gasteiger partial charge in [-0.05, 0) is 24.6 Å². The lowest BCUT2D eigenvalue weighted by Gasteiger charge is -2.29. The van der Waals surface area contributed by atoms with Crippen LogP contribution in [0.25, 0.3) is 0 Å². The highest BCUT2D eigenvalue weighted by Gasteiger charge is 2.31. The van der Waals surface area contributed by atoms with Crippen molar-refractivity contribution in [2.45, 2.75) is 18.8 Å². The molecule has 0 radical (unpaired) electrons. The minimum Gasteiger partial charge on any atom is -0.247 e. The van der Waals surface area contributed by atoms with Gasteiger partial charge in [-0.25, -0.2) is 4.98 Å². The average Bonchev–Trinajstić information content (AvgIpc) is 2.82.